The average molecular weight is 275 g/mol. The molecule has 7 heteroatoms. The van der Waals surface area contributed by atoms with Gasteiger partial charge in [-0.25, -0.2) is 18.1 Å². The number of hydrogen-bond acceptors (Lipinski definition) is 5. The Bertz CT molecular complexity index is 426. The molecule has 1 heterocycles. The van der Waals surface area contributed by atoms with Gasteiger partial charge in [-0.2, -0.15) is 0 Å². The molecule has 1 saturated carbocycles. The number of thiazole rings is 1. The second-order valence-electron chi connectivity index (χ2n) is 4.15. The van der Waals surface area contributed by atoms with Gasteiger partial charge in [-0.05, 0) is 25.8 Å². The topological polar surface area (TPSA) is 71.1 Å². The zero-order valence-corrected chi connectivity index (χ0v) is 11.2. The van der Waals surface area contributed by atoms with Crippen LogP contribution in [0.1, 0.15) is 24.3 Å². The molecule has 2 N–H and O–H groups in total. The molecule has 0 aromatic carbocycles. The van der Waals surface area contributed by atoms with E-state index in [1.165, 1.54) is 24.2 Å². The lowest BCUT2D eigenvalue weighted by Gasteiger charge is -2.05. The van der Waals surface area contributed by atoms with E-state index in [1.54, 1.807) is 6.20 Å². The van der Waals surface area contributed by atoms with Gasteiger partial charge < -0.3 is 5.32 Å². The smallest absolute Gasteiger partial charge is 0.212 e. The predicted molar refractivity (Wildman–Crippen MR) is 68.4 cm³/mol. The van der Waals surface area contributed by atoms with Crippen molar-refractivity contribution < 1.29 is 8.42 Å². The third-order valence-corrected chi connectivity index (χ3v) is 4.72. The molecule has 17 heavy (non-hydrogen) atoms. The molecule has 0 unspecified atom stereocenters. The summed E-state index contributed by atoms with van der Waals surface area (Å²) in [4.78, 5) is 4.03. The predicted octanol–water partition coefficient (Wildman–Crippen LogP) is 0.705. The van der Waals surface area contributed by atoms with E-state index in [0.717, 1.165) is 11.6 Å². The molecule has 0 radical (unpaired) electrons. The van der Waals surface area contributed by atoms with E-state index < -0.39 is 10.0 Å². The molecule has 1 aliphatic rings. The van der Waals surface area contributed by atoms with Gasteiger partial charge in [-0.3, -0.25) is 0 Å². The van der Waals surface area contributed by atoms with Gasteiger partial charge in [0, 0.05) is 17.6 Å². The highest BCUT2D eigenvalue weighted by Gasteiger charge is 2.20. The molecule has 1 aliphatic carbocycles. The van der Waals surface area contributed by atoms with Crippen LogP contribution in [0.4, 0.5) is 0 Å². The third-order valence-electron chi connectivity index (χ3n) is 2.53. The summed E-state index contributed by atoms with van der Waals surface area (Å²) in [6, 6.07) is 0.640. The maximum atomic E-state index is 11.6. The van der Waals surface area contributed by atoms with Crippen LogP contribution < -0.4 is 10.0 Å². The van der Waals surface area contributed by atoms with Gasteiger partial charge in [-0.15, -0.1) is 11.3 Å². The largest absolute Gasteiger partial charge is 0.314 e. The fourth-order valence-electron chi connectivity index (χ4n) is 1.44. The van der Waals surface area contributed by atoms with Crippen molar-refractivity contribution in [1.29, 1.82) is 0 Å². The average Bonchev–Trinajstić information content (AvgIpc) is 2.96. The minimum Gasteiger partial charge on any atom is -0.314 e. The molecule has 0 bridgehead atoms. The highest BCUT2D eigenvalue weighted by atomic mass is 32.2. The number of sulfonamides is 1. The maximum absolute atomic E-state index is 11.6. The van der Waals surface area contributed by atoms with E-state index in [4.69, 9.17) is 0 Å². The molecule has 1 fully saturated rings. The Labute approximate surface area is 106 Å². The first-order valence-corrected chi connectivity index (χ1v) is 8.28. The monoisotopic (exact) mass is 275 g/mol. The van der Waals surface area contributed by atoms with Crippen molar-refractivity contribution in [3.63, 3.8) is 0 Å². The van der Waals surface area contributed by atoms with Crippen LogP contribution >= 0.6 is 11.3 Å². The van der Waals surface area contributed by atoms with Crippen molar-refractivity contribution in [3.05, 3.63) is 16.6 Å². The summed E-state index contributed by atoms with van der Waals surface area (Å²) >= 11 is 1.45. The minimum atomic E-state index is -3.16. The van der Waals surface area contributed by atoms with E-state index in [9.17, 15) is 8.42 Å². The van der Waals surface area contributed by atoms with Gasteiger partial charge in [0.15, 0.2) is 0 Å². The summed E-state index contributed by atoms with van der Waals surface area (Å²) in [6.07, 6.45) is 4.79. The molecule has 5 nitrogen and oxygen atoms in total. The summed E-state index contributed by atoms with van der Waals surface area (Å²) in [5.74, 6) is 0.179. The molecule has 0 amide bonds. The molecule has 1 aromatic rings. The van der Waals surface area contributed by atoms with Crippen LogP contribution in [-0.2, 0) is 16.6 Å². The number of rotatable bonds is 8. The number of aromatic nitrogens is 1. The van der Waals surface area contributed by atoms with Gasteiger partial charge in [0.05, 0.1) is 12.3 Å². The van der Waals surface area contributed by atoms with Crippen LogP contribution in [0, 0.1) is 0 Å². The Hall–Kier alpha value is -0.500. The quantitative estimate of drug-likeness (QED) is 0.685. The fourth-order valence-corrected chi connectivity index (χ4v) is 3.11. The normalized spacial score (nSPS) is 16.2. The second-order valence-corrected chi connectivity index (χ2v) is 7.05. The summed E-state index contributed by atoms with van der Waals surface area (Å²) in [5.41, 5.74) is 0. The molecule has 0 saturated heterocycles. The lowest BCUT2D eigenvalue weighted by molar-refractivity contribution is 0.574. The van der Waals surface area contributed by atoms with Gasteiger partial charge in [-0.1, -0.05) is 0 Å². The maximum Gasteiger partial charge on any atom is 0.212 e. The highest BCUT2D eigenvalue weighted by Crippen LogP contribution is 2.18. The van der Waals surface area contributed by atoms with E-state index in [1.807, 2.05) is 5.38 Å². The summed E-state index contributed by atoms with van der Waals surface area (Å²) in [7, 11) is -3.16. The van der Waals surface area contributed by atoms with E-state index >= 15 is 0 Å². The van der Waals surface area contributed by atoms with Crippen molar-refractivity contribution >= 4 is 21.4 Å². The number of nitrogens with one attached hydrogen (secondary N) is 2. The minimum absolute atomic E-state index is 0.179. The second kappa shape index (κ2) is 5.90. The van der Waals surface area contributed by atoms with Crippen molar-refractivity contribution in [2.24, 2.45) is 0 Å². The van der Waals surface area contributed by atoms with Gasteiger partial charge >= 0.3 is 0 Å². The van der Waals surface area contributed by atoms with Gasteiger partial charge in [0.2, 0.25) is 10.0 Å². The van der Waals surface area contributed by atoms with Gasteiger partial charge in [0.1, 0.15) is 5.01 Å². The number of hydrogen-bond donors (Lipinski definition) is 2. The fraction of sp³-hybridized carbons (Fsp3) is 0.700. The van der Waals surface area contributed by atoms with Crippen LogP contribution in [-0.4, -0.2) is 31.7 Å². The van der Waals surface area contributed by atoms with Crippen LogP contribution in [0.5, 0.6) is 0 Å². The Kier molecular flexibility index (Phi) is 4.49. The van der Waals surface area contributed by atoms with Crippen molar-refractivity contribution in [2.45, 2.75) is 31.8 Å². The molecule has 0 aliphatic heterocycles. The molecule has 0 atom stereocenters. The number of nitrogens with zero attached hydrogens (tertiary/aromatic N) is 1. The van der Waals surface area contributed by atoms with Crippen LogP contribution in [0.3, 0.4) is 0 Å². The standard InChI is InChI=1S/C10H17N3O2S2/c14-17(15,7-1-4-11-9-2-3-9)13-8-10-12-5-6-16-10/h5-6,9,11,13H,1-4,7-8H2. The third kappa shape index (κ3) is 5.12. The Morgan fingerprint density at radius 3 is 2.94 bits per heavy atom. The molecule has 2 rings (SSSR count). The first kappa shape index (κ1) is 12.9. The SMILES string of the molecule is O=S(=O)(CCCNC1CC1)NCc1nccs1. The summed E-state index contributed by atoms with van der Waals surface area (Å²) in [5, 5.41) is 5.93. The molecular weight excluding hydrogens is 258 g/mol. The zero-order chi connectivity index (χ0) is 12.1. The molecule has 0 spiro atoms. The first-order valence-electron chi connectivity index (χ1n) is 5.75. The van der Waals surface area contributed by atoms with E-state index in [-0.39, 0.29) is 5.75 Å². The highest BCUT2D eigenvalue weighted by molar-refractivity contribution is 7.89. The summed E-state index contributed by atoms with van der Waals surface area (Å²) in [6.45, 7) is 1.08. The lowest BCUT2D eigenvalue weighted by Crippen LogP contribution is -2.28. The lowest BCUT2D eigenvalue weighted by atomic mass is 10.5. The van der Waals surface area contributed by atoms with Crippen LogP contribution in [0.2, 0.25) is 0 Å². The first-order chi connectivity index (χ1) is 8.16. The van der Waals surface area contributed by atoms with Gasteiger partial charge in [0.25, 0.3) is 0 Å². The molecule has 1 aromatic heterocycles. The van der Waals surface area contributed by atoms with Crippen molar-refractivity contribution in [1.82, 2.24) is 15.0 Å². The summed E-state index contributed by atoms with van der Waals surface area (Å²) < 4.78 is 25.8. The van der Waals surface area contributed by atoms with Crippen LogP contribution in [0.25, 0.3) is 0 Å². The Balaban J connectivity index is 1.63. The Morgan fingerprint density at radius 1 is 1.47 bits per heavy atom. The Morgan fingerprint density at radius 2 is 2.29 bits per heavy atom. The van der Waals surface area contributed by atoms with E-state index in [2.05, 4.69) is 15.0 Å². The molecular formula is C10H17N3O2S2. The molecule has 96 valence electrons. The van der Waals surface area contributed by atoms with Crippen molar-refractivity contribution in [2.75, 3.05) is 12.3 Å². The van der Waals surface area contributed by atoms with Crippen molar-refractivity contribution in [3.8, 4) is 0 Å². The van der Waals surface area contributed by atoms with Crippen LogP contribution in [0.15, 0.2) is 11.6 Å². The van der Waals surface area contributed by atoms with E-state index in [0.29, 0.717) is 19.0 Å². The zero-order valence-electron chi connectivity index (χ0n) is 9.55.